The molecule has 168 valence electrons. The third kappa shape index (κ3) is 5.60. The molecule has 0 spiro atoms. The van der Waals surface area contributed by atoms with Gasteiger partial charge in [0.1, 0.15) is 18.2 Å². The van der Waals surface area contributed by atoms with Crippen molar-refractivity contribution < 1.29 is 9.59 Å². The molecule has 1 atom stereocenters. The molecule has 0 unspecified atom stereocenters. The summed E-state index contributed by atoms with van der Waals surface area (Å²) in [7, 11) is 0. The van der Waals surface area contributed by atoms with E-state index >= 15 is 0 Å². The first-order chi connectivity index (χ1) is 15.2. The third-order valence-corrected chi connectivity index (χ3v) is 5.32. The topological polar surface area (TPSA) is 88.9 Å². The van der Waals surface area contributed by atoms with Gasteiger partial charge < -0.3 is 10.6 Å². The lowest BCUT2D eigenvalue weighted by Gasteiger charge is -2.23. The second-order valence-corrected chi connectivity index (χ2v) is 9.20. The maximum atomic E-state index is 12.9. The van der Waals surface area contributed by atoms with Crippen molar-refractivity contribution in [1.29, 1.82) is 0 Å². The molecule has 0 aliphatic heterocycles. The van der Waals surface area contributed by atoms with Gasteiger partial charge in [0.15, 0.2) is 0 Å². The SMILES string of the molecule is CC(C)[C@@H](NC(=O)c1ccc(C(C)(C)C)cc1)C(=O)NCc1cccnc1-n1ccnc1. The summed E-state index contributed by atoms with van der Waals surface area (Å²) in [6.07, 6.45) is 6.84. The third-order valence-electron chi connectivity index (χ3n) is 5.32. The van der Waals surface area contributed by atoms with Crippen LogP contribution < -0.4 is 10.6 Å². The smallest absolute Gasteiger partial charge is 0.251 e. The number of pyridine rings is 1. The zero-order valence-corrected chi connectivity index (χ0v) is 19.3. The van der Waals surface area contributed by atoms with Gasteiger partial charge in [0.2, 0.25) is 5.91 Å². The highest BCUT2D eigenvalue weighted by Gasteiger charge is 2.25. The van der Waals surface area contributed by atoms with Gasteiger partial charge in [-0.05, 0) is 35.1 Å². The Morgan fingerprint density at radius 1 is 1.06 bits per heavy atom. The van der Waals surface area contributed by atoms with E-state index in [0.29, 0.717) is 17.9 Å². The van der Waals surface area contributed by atoms with Crippen LogP contribution in [-0.2, 0) is 16.8 Å². The van der Waals surface area contributed by atoms with E-state index in [1.165, 1.54) is 0 Å². The van der Waals surface area contributed by atoms with Crippen LogP contribution in [0.2, 0.25) is 0 Å². The second-order valence-electron chi connectivity index (χ2n) is 9.20. The van der Waals surface area contributed by atoms with Crippen LogP contribution in [0.15, 0.2) is 61.3 Å². The predicted octanol–water partition coefficient (Wildman–Crippen LogP) is 3.64. The van der Waals surface area contributed by atoms with Crippen molar-refractivity contribution in [3.05, 3.63) is 78.0 Å². The fourth-order valence-electron chi connectivity index (χ4n) is 3.36. The van der Waals surface area contributed by atoms with Crippen LogP contribution in [0.25, 0.3) is 5.82 Å². The molecule has 3 rings (SSSR count). The number of hydrogen-bond acceptors (Lipinski definition) is 4. The number of benzene rings is 1. The minimum Gasteiger partial charge on any atom is -0.350 e. The maximum absolute atomic E-state index is 12.9. The molecule has 32 heavy (non-hydrogen) atoms. The summed E-state index contributed by atoms with van der Waals surface area (Å²) in [5.41, 5.74) is 2.55. The minimum atomic E-state index is -0.654. The van der Waals surface area contributed by atoms with E-state index in [0.717, 1.165) is 11.1 Å². The Morgan fingerprint density at radius 2 is 1.78 bits per heavy atom. The van der Waals surface area contributed by atoms with Gasteiger partial charge in [-0.2, -0.15) is 0 Å². The highest BCUT2D eigenvalue weighted by atomic mass is 16.2. The number of rotatable bonds is 7. The second kappa shape index (κ2) is 9.77. The number of carbonyl (C=O) groups is 2. The molecule has 3 aromatic rings. The molecule has 7 heteroatoms. The van der Waals surface area contributed by atoms with Crippen molar-refractivity contribution in [3.8, 4) is 5.82 Å². The molecule has 2 N–H and O–H groups in total. The van der Waals surface area contributed by atoms with Gasteiger partial charge in [0, 0.05) is 36.3 Å². The van der Waals surface area contributed by atoms with Crippen LogP contribution in [0.3, 0.4) is 0 Å². The van der Waals surface area contributed by atoms with Crippen molar-refractivity contribution in [2.45, 2.75) is 52.6 Å². The van der Waals surface area contributed by atoms with Gasteiger partial charge in [-0.25, -0.2) is 9.97 Å². The van der Waals surface area contributed by atoms with Crippen molar-refractivity contribution in [2.24, 2.45) is 5.92 Å². The van der Waals surface area contributed by atoms with Crippen LogP contribution in [-0.4, -0.2) is 32.4 Å². The van der Waals surface area contributed by atoms with E-state index in [-0.39, 0.29) is 23.1 Å². The lowest BCUT2D eigenvalue weighted by Crippen LogP contribution is -2.49. The Labute approximate surface area is 189 Å². The van der Waals surface area contributed by atoms with Crippen LogP contribution in [0.1, 0.15) is 56.1 Å². The molecular weight excluding hydrogens is 402 g/mol. The van der Waals surface area contributed by atoms with Gasteiger partial charge in [0.25, 0.3) is 5.91 Å². The Balaban J connectivity index is 1.67. The molecule has 0 saturated carbocycles. The van der Waals surface area contributed by atoms with E-state index in [1.54, 1.807) is 41.6 Å². The number of hydrogen-bond donors (Lipinski definition) is 2. The summed E-state index contributed by atoms with van der Waals surface area (Å²) in [6.45, 7) is 10.5. The van der Waals surface area contributed by atoms with Crippen LogP contribution in [0, 0.1) is 5.92 Å². The van der Waals surface area contributed by atoms with Crippen molar-refractivity contribution >= 4 is 11.8 Å². The predicted molar refractivity (Wildman–Crippen MR) is 124 cm³/mol. The summed E-state index contributed by atoms with van der Waals surface area (Å²) in [5, 5.41) is 5.83. The lowest BCUT2D eigenvalue weighted by atomic mass is 9.86. The van der Waals surface area contributed by atoms with E-state index in [4.69, 9.17) is 0 Å². The molecule has 0 aliphatic carbocycles. The number of imidazole rings is 1. The Kier molecular flexibility index (Phi) is 7.08. The molecule has 0 bridgehead atoms. The van der Waals surface area contributed by atoms with Gasteiger partial charge in [-0.1, -0.05) is 52.8 Å². The van der Waals surface area contributed by atoms with Crippen LogP contribution in [0.4, 0.5) is 0 Å². The van der Waals surface area contributed by atoms with E-state index in [9.17, 15) is 9.59 Å². The molecule has 7 nitrogen and oxygen atoms in total. The van der Waals surface area contributed by atoms with Crippen LogP contribution >= 0.6 is 0 Å². The first-order valence-electron chi connectivity index (χ1n) is 10.8. The largest absolute Gasteiger partial charge is 0.350 e. The van der Waals surface area contributed by atoms with Gasteiger partial charge in [-0.15, -0.1) is 0 Å². The first kappa shape index (κ1) is 23.2. The normalized spacial score (nSPS) is 12.4. The summed E-state index contributed by atoms with van der Waals surface area (Å²) < 4.78 is 1.80. The quantitative estimate of drug-likeness (QED) is 0.595. The summed E-state index contributed by atoms with van der Waals surface area (Å²) in [6, 6.07) is 10.6. The number of nitrogens with zero attached hydrogens (tertiary/aromatic N) is 3. The Morgan fingerprint density at radius 3 is 2.38 bits per heavy atom. The zero-order valence-electron chi connectivity index (χ0n) is 19.3. The number of aromatic nitrogens is 3. The van der Waals surface area contributed by atoms with Crippen molar-refractivity contribution in [3.63, 3.8) is 0 Å². The molecule has 0 aliphatic rings. The Bertz CT molecular complexity index is 1050. The average molecular weight is 434 g/mol. The van der Waals surface area contributed by atoms with Crippen LogP contribution in [0.5, 0.6) is 0 Å². The number of carbonyl (C=O) groups excluding carboxylic acids is 2. The average Bonchev–Trinajstić information content (AvgIpc) is 3.30. The minimum absolute atomic E-state index is 0.0111. The lowest BCUT2D eigenvalue weighted by molar-refractivity contribution is -0.124. The summed E-state index contributed by atoms with van der Waals surface area (Å²) in [4.78, 5) is 34.2. The number of amides is 2. The fraction of sp³-hybridized carbons (Fsp3) is 0.360. The highest BCUT2D eigenvalue weighted by Crippen LogP contribution is 2.22. The van der Waals surface area contributed by atoms with Crippen molar-refractivity contribution in [1.82, 2.24) is 25.2 Å². The molecule has 1 aromatic carbocycles. The summed E-state index contributed by atoms with van der Waals surface area (Å²) in [5.74, 6) is 0.129. The standard InChI is InChI=1S/C25H31N5O2/c1-17(2)21(29-23(31)18-8-10-20(11-9-18)25(3,4)5)24(32)28-15-19-7-6-12-27-22(19)30-14-13-26-16-30/h6-14,16-17,21H,15H2,1-5H3,(H,28,32)(H,29,31)/t21-/m1/s1. The van der Waals surface area contributed by atoms with Gasteiger partial charge in [-0.3, -0.25) is 14.2 Å². The molecular formula is C25H31N5O2. The van der Waals surface area contributed by atoms with E-state index < -0.39 is 6.04 Å². The van der Waals surface area contributed by atoms with E-state index in [1.807, 2.05) is 38.1 Å². The molecule has 2 heterocycles. The number of nitrogens with one attached hydrogen (secondary N) is 2. The monoisotopic (exact) mass is 433 g/mol. The molecule has 2 amide bonds. The Hall–Kier alpha value is -3.48. The van der Waals surface area contributed by atoms with Gasteiger partial charge >= 0.3 is 0 Å². The molecule has 2 aromatic heterocycles. The highest BCUT2D eigenvalue weighted by molar-refractivity contribution is 5.97. The first-order valence-corrected chi connectivity index (χ1v) is 10.8. The van der Waals surface area contributed by atoms with Crippen molar-refractivity contribution in [2.75, 3.05) is 0 Å². The molecule has 0 saturated heterocycles. The fourth-order valence-corrected chi connectivity index (χ4v) is 3.36. The van der Waals surface area contributed by atoms with E-state index in [2.05, 4.69) is 41.4 Å². The molecule has 0 radical (unpaired) electrons. The molecule has 0 fully saturated rings. The summed E-state index contributed by atoms with van der Waals surface area (Å²) >= 11 is 0. The zero-order chi connectivity index (χ0) is 23.3. The van der Waals surface area contributed by atoms with Gasteiger partial charge in [0.05, 0.1) is 0 Å². The maximum Gasteiger partial charge on any atom is 0.251 e.